The quantitative estimate of drug-likeness (QED) is 0.312. The third-order valence-electron chi connectivity index (χ3n) is 0. The molecule has 0 aromatic heterocycles. The molecule has 0 heterocycles. The molecule has 0 amide bonds. The maximum absolute atomic E-state index is 7.50. The van der Waals surface area contributed by atoms with Gasteiger partial charge in [0.05, 0.1) is 0 Å². The molecular weight excluding hydrogens is 325 g/mol. The summed E-state index contributed by atoms with van der Waals surface area (Å²) < 4.78 is 7.50. The Balaban J connectivity index is -0.000000000833. The van der Waals surface area contributed by atoms with E-state index in [1.165, 1.54) is 0 Å². The Hall–Kier alpha value is 1.25. The monoisotopic (exact) mass is 325 g/mol. The Labute approximate surface area is 68.3 Å². The van der Waals surface area contributed by atoms with Gasteiger partial charge < -0.3 is 37.2 Å². The summed E-state index contributed by atoms with van der Waals surface area (Å²) in [6.45, 7) is 4.50. The van der Waals surface area contributed by atoms with Crippen LogP contribution in [0.2, 0.25) is 0 Å². The maximum Gasteiger partial charge on any atom is 2.00 e. The minimum Gasteiger partial charge on any atom is -1.00 e. The van der Waals surface area contributed by atoms with Gasteiger partial charge in [0.2, 0.25) is 0 Å². The maximum atomic E-state index is 7.50. The zero-order valence-corrected chi connectivity index (χ0v) is 7.20. The number of rotatable bonds is 0. The Morgan fingerprint density at radius 1 is 0.833 bits per heavy atom. The first-order chi connectivity index (χ1) is 1.00. The second kappa shape index (κ2) is 111. The Morgan fingerprint density at radius 3 is 0.833 bits per heavy atom. The van der Waals surface area contributed by atoms with Crippen LogP contribution in [0.5, 0.6) is 0 Å². The van der Waals surface area contributed by atoms with Gasteiger partial charge in [-0.3, -0.25) is 0 Å². The van der Waals surface area contributed by atoms with E-state index in [0.29, 0.717) is 0 Å². The van der Waals surface area contributed by atoms with Crippen LogP contribution in [0, 0.1) is 6.65 Å². The van der Waals surface area contributed by atoms with Crippen molar-refractivity contribution >= 4 is 0 Å². The second-order valence-corrected chi connectivity index (χ2v) is 0. The molecule has 0 fully saturated rings. The van der Waals surface area contributed by atoms with E-state index in [1.807, 2.05) is 0 Å². The van der Waals surface area contributed by atoms with Crippen molar-refractivity contribution in [2.45, 2.75) is 0 Å². The fourth-order valence-electron chi connectivity index (χ4n) is 0. The van der Waals surface area contributed by atoms with Gasteiger partial charge in [0.25, 0.3) is 0 Å². The third-order valence-corrected chi connectivity index (χ3v) is 0. The first-order valence-corrected chi connectivity index (χ1v) is 0.204. The molecule has 0 bridgehead atoms. The van der Waals surface area contributed by atoms with Gasteiger partial charge in [-0.25, -0.2) is 0 Å². The first kappa shape index (κ1) is 56.0. The standard InChI is InChI=1S/CO.3ClH.Os/c1-2;;;;/h;3*1H;/q;;;;+2/p-3. The second-order valence-electron chi connectivity index (χ2n) is 0. The van der Waals surface area contributed by atoms with Crippen LogP contribution in [-0.4, -0.2) is 0 Å². The van der Waals surface area contributed by atoms with Crippen molar-refractivity contribution in [3.05, 3.63) is 6.65 Å². The van der Waals surface area contributed by atoms with Gasteiger partial charge >= 0.3 is 31.1 Å². The van der Waals surface area contributed by atoms with Gasteiger partial charge in [0.15, 0.2) is 0 Å². The molecule has 5 heteroatoms. The first-order valence-electron chi connectivity index (χ1n) is 0.204. The van der Waals surface area contributed by atoms with Crippen molar-refractivity contribution in [2.24, 2.45) is 0 Å². The molecule has 0 aliphatic heterocycles. The van der Waals surface area contributed by atoms with E-state index in [9.17, 15) is 0 Å². The molecule has 0 N–H and O–H groups in total. The molecule has 0 aliphatic rings. The number of hydrogen-bond acceptors (Lipinski definition) is 0. The van der Waals surface area contributed by atoms with Gasteiger partial charge in [-0.15, -0.1) is 0 Å². The molecule has 0 aromatic rings. The molecule has 0 saturated heterocycles. The van der Waals surface area contributed by atoms with E-state index in [0.717, 1.165) is 0 Å². The predicted molar refractivity (Wildman–Crippen MR) is 3.93 cm³/mol. The molecule has 0 rings (SSSR count). The molecule has 0 aromatic carbocycles. The fraction of sp³-hybridized carbons (Fsp3) is 0. The van der Waals surface area contributed by atoms with Crippen molar-refractivity contribution in [3.63, 3.8) is 0 Å². The van der Waals surface area contributed by atoms with E-state index in [1.54, 1.807) is 0 Å². The fourth-order valence-corrected chi connectivity index (χ4v) is 0. The molecule has 0 atom stereocenters. The van der Waals surface area contributed by atoms with Crippen LogP contribution in [0.3, 0.4) is 0 Å². The average Bonchev–Trinajstić information content (AvgIpc) is 1.00. The molecule has 0 aliphatic carbocycles. The number of halogens is 3. The number of hydrogen-bond donors (Lipinski definition) is 0. The van der Waals surface area contributed by atoms with E-state index in [2.05, 4.69) is 6.65 Å². The van der Waals surface area contributed by atoms with Crippen molar-refractivity contribution in [1.82, 2.24) is 0 Å². The van der Waals surface area contributed by atoms with Crippen LogP contribution in [0.4, 0.5) is 0 Å². The molecular formula is CCl3OOs-. The predicted octanol–water partition coefficient (Wildman–Crippen LogP) is -9.03. The van der Waals surface area contributed by atoms with Crippen LogP contribution in [0.1, 0.15) is 0 Å². The summed E-state index contributed by atoms with van der Waals surface area (Å²) in [6, 6.07) is 0. The molecule has 1 nitrogen and oxygen atoms in total. The summed E-state index contributed by atoms with van der Waals surface area (Å²) in [5.41, 5.74) is 0. The summed E-state index contributed by atoms with van der Waals surface area (Å²) in [7, 11) is 0. The van der Waals surface area contributed by atoms with Crippen molar-refractivity contribution in [2.75, 3.05) is 0 Å². The van der Waals surface area contributed by atoms with E-state index in [4.69, 9.17) is 4.65 Å². The van der Waals surface area contributed by atoms with Crippen molar-refractivity contribution in [3.8, 4) is 0 Å². The zero-order valence-electron chi connectivity index (χ0n) is 2.40. The van der Waals surface area contributed by atoms with Crippen LogP contribution in [0.15, 0.2) is 0 Å². The molecule has 0 radical (unpaired) electrons. The smallest absolute Gasteiger partial charge is 1.00 e. The summed E-state index contributed by atoms with van der Waals surface area (Å²) >= 11 is 0. The van der Waals surface area contributed by atoms with Crippen LogP contribution in [-0.2, 0) is 24.4 Å². The van der Waals surface area contributed by atoms with E-state index < -0.39 is 0 Å². The summed E-state index contributed by atoms with van der Waals surface area (Å²) in [6.07, 6.45) is 0. The molecule has 0 spiro atoms. The minimum atomic E-state index is 0. The SMILES string of the molecule is [C-]#[O+].[Cl-].[Cl-].[Cl-].[Os+2]. The molecule has 0 unspecified atom stereocenters. The third kappa shape index (κ3) is 60.9. The normalized spacial score (nSPS) is 0.333. The molecule has 6 heavy (non-hydrogen) atoms. The summed E-state index contributed by atoms with van der Waals surface area (Å²) in [5.74, 6) is 0. The van der Waals surface area contributed by atoms with Crippen LogP contribution in [0.25, 0.3) is 0 Å². The minimum absolute atomic E-state index is 0. The topological polar surface area (TPSA) is 19.9 Å². The van der Waals surface area contributed by atoms with Crippen LogP contribution < -0.4 is 37.2 Å². The van der Waals surface area contributed by atoms with E-state index in [-0.39, 0.29) is 57.0 Å². The van der Waals surface area contributed by atoms with Gasteiger partial charge in [0, 0.05) is 0 Å². The van der Waals surface area contributed by atoms with Gasteiger partial charge in [-0.2, -0.15) is 0 Å². The van der Waals surface area contributed by atoms with Gasteiger partial charge in [-0.1, -0.05) is 0 Å². The largest absolute Gasteiger partial charge is 2.00 e. The van der Waals surface area contributed by atoms with Gasteiger partial charge in [0.1, 0.15) is 0 Å². The Kier molecular flexibility index (Phi) is 1030. The average molecular weight is 325 g/mol. The van der Waals surface area contributed by atoms with Crippen molar-refractivity contribution < 1.29 is 61.7 Å². The molecule has 0 saturated carbocycles. The van der Waals surface area contributed by atoms with Crippen molar-refractivity contribution in [1.29, 1.82) is 0 Å². The van der Waals surface area contributed by atoms with E-state index >= 15 is 0 Å². The van der Waals surface area contributed by atoms with Crippen LogP contribution >= 0.6 is 0 Å². The zero-order chi connectivity index (χ0) is 2.00. The Morgan fingerprint density at radius 2 is 0.833 bits per heavy atom. The summed E-state index contributed by atoms with van der Waals surface area (Å²) in [5, 5.41) is 0. The Bertz CT molecular complexity index is 15.5. The summed E-state index contributed by atoms with van der Waals surface area (Å²) in [4.78, 5) is 0. The van der Waals surface area contributed by atoms with Gasteiger partial charge in [-0.05, 0) is 0 Å². The molecule has 40 valence electrons.